The minimum atomic E-state index is -0.349. The summed E-state index contributed by atoms with van der Waals surface area (Å²) in [4.78, 5) is 26.4. The number of benzene rings is 1. The molecule has 2 aliphatic rings. The number of nitrogens with one attached hydrogen (secondary N) is 1. The first-order valence-corrected chi connectivity index (χ1v) is 10.1. The van der Waals surface area contributed by atoms with Crippen molar-refractivity contribution < 1.29 is 4.79 Å². The van der Waals surface area contributed by atoms with Crippen LogP contribution in [0.25, 0.3) is 11.0 Å². The molecule has 1 aromatic carbocycles. The average molecular weight is 391 g/mol. The van der Waals surface area contributed by atoms with Gasteiger partial charge < -0.3 is 15.5 Å². The number of nitrogens with two attached hydrogens (primary N) is 1. The summed E-state index contributed by atoms with van der Waals surface area (Å²) in [5.41, 5.74) is 8.59. The number of H-pyrrole nitrogens is 1. The Kier molecular flexibility index (Phi) is 4.15. The fraction of sp³-hybridized carbons (Fsp3) is 0.429. The van der Waals surface area contributed by atoms with Crippen LogP contribution in [0.1, 0.15) is 30.4 Å². The molecule has 150 valence electrons. The SMILES string of the molecule is Cc1cccc(CN2CCC[C@]3(CCN(c4nc(N)nc5[nH]ncc45)C3)C2=O)c1. The van der Waals surface area contributed by atoms with Crippen LogP contribution in [-0.4, -0.2) is 50.6 Å². The molecule has 5 rings (SSSR count). The number of piperidine rings is 1. The summed E-state index contributed by atoms with van der Waals surface area (Å²) in [6.07, 6.45) is 4.50. The van der Waals surface area contributed by atoms with E-state index in [1.165, 1.54) is 11.1 Å². The summed E-state index contributed by atoms with van der Waals surface area (Å²) in [6.45, 7) is 5.02. The first kappa shape index (κ1) is 17.9. The quantitative estimate of drug-likeness (QED) is 0.710. The minimum Gasteiger partial charge on any atom is -0.368 e. The lowest BCUT2D eigenvalue weighted by atomic mass is 9.78. The number of carbonyl (C=O) groups excluding carboxylic acids is 1. The smallest absolute Gasteiger partial charge is 0.230 e. The van der Waals surface area contributed by atoms with E-state index in [0.29, 0.717) is 18.7 Å². The van der Waals surface area contributed by atoms with Gasteiger partial charge in [-0.05, 0) is 31.7 Å². The topological polar surface area (TPSA) is 104 Å². The van der Waals surface area contributed by atoms with Crippen molar-refractivity contribution in [2.75, 3.05) is 30.3 Å². The Morgan fingerprint density at radius 2 is 2.14 bits per heavy atom. The van der Waals surface area contributed by atoms with Crippen LogP contribution >= 0.6 is 0 Å². The van der Waals surface area contributed by atoms with Crippen molar-refractivity contribution in [1.82, 2.24) is 25.1 Å². The third-order valence-electron chi connectivity index (χ3n) is 6.24. The van der Waals surface area contributed by atoms with E-state index in [2.05, 4.69) is 56.3 Å². The van der Waals surface area contributed by atoms with Gasteiger partial charge in [-0.15, -0.1) is 0 Å². The molecule has 2 fully saturated rings. The average Bonchev–Trinajstić information content (AvgIpc) is 3.33. The number of fused-ring (bicyclic) bond motifs is 1. The number of aryl methyl sites for hydroxylation is 1. The molecular weight excluding hydrogens is 366 g/mol. The van der Waals surface area contributed by atoms with Gasteiger partial charge in [-0.1, -0.05) is 29.8 Å². The van der Waals surface area contributed by atoms with Crippen molar-refractivity contribution in [1.29, 1.82) is 0 Å². The third kappa shape index (κ3) is 3.08. The minimum absolute atomic E-state index is 0.216. The Morgan fingerprint density at radius 3 is 3.00 bits per heavy atom. The van der Waals surface area contributed by atoms with E-state index in [4.69, 9.17) is 5.73 Å². The normalized spacial score (nSPS) is 22.2. The molecule has 0 aliphatic carbocycles. The molecule has 29 heavy (non-hydrogen) atoms. The van der Waals surface area contributed by atoms with Crippen molar-refractivity contribution in [3.63, 3.8) is 0 Å². The predicted molar refractivity (Wildman–Crippen MR) is 111 cm³/mol. The number of hydrogen-bond donors (Lipinski definition) is 2. The van der Waals surface area contributed by atoms with Gasteiger partial charge in [-0.3, -0.25) is 9.89 Å². The van der Waals surface area contributed by atoms with Crippen molar-refractivity contribution >= 4 is 28.7 Å². The molecule has 8 nitrogen and oxygen atoms in total. The Labute approximate surface area is 169 Å². The number of anilines is 2. The maximum atomic E-state index is 13.5. The standard InChI is InChI=1S/C21H25N7O/c1-14-4-2-5-15(10-14)12-27-8-3-6-21(19(27)29)7-9-28(13-21)18-16-11-23-26-17(16)24-20(22)25-18/h2,4-5,10-11H,3,6-9,12-13H2,1H3,(H3,22,23,24,25,26)/t21-/m1/s1. The maximum absolute atomic E-state index is 13.5. The number of rotatable bonds is 3. The molecule has 1 spiro atoms. The van der Waals surface area contributed by atoms with Gasteiger partial charge in [0.25, 0.3) is 0 Å². The van der Waals surface area contributed by atoms with Crippen molar-refractivity contribution in [3.05, 3.63) is 41.6 Å². The van der Waals surface area contributed by atoms with Gasteiger partial charge in [0.05, 0.1) is 17.0 Å². The van der Waals surface area contributed by atoms with Crippen LogP contribution in [0.15, 0.2) is 30.5 Å². The second-order valence-corrected chi connectivity index (χ2v) is 8.31. The van der Waals surface area contributed by atoms with Crippen molar-refractivity contribution in [3.8, 4) is 0 Å². The predicted octanol–water partition coefficient (Wildman–Crippen LogP) is 2.26. The molecule has 0 saturated carbocycles. The highest BCUT2D eigenvalue weighted by Crippen LogP contribution is 2.42. The molecule has 2 saturated heterocycles. The van der Waals surface area contributed by atoms with Gasteiger partial charge in [0.2, 0.25) is 11.9 Å². The molecule has 3 aromatic rings. The Morgan fingerprint density at radius 1 is 1.24 bits per heavy atom. The van der Waals surface area contributed by atoms with E-state index < -0.39 is 0 Å². The molecule has 8 heteroatoms. The molecule has 1 atom stereocenters. The van der Waals surface area contributed by atoms with Gasteiger partial charge in [-0.2, -0.15) is 15.1 Å². The van der Waals surface area contributed by atoms with Gasteiger partial charge in [0.1, 0.15) is 5.82 Å². The lowest BCUT2D eigenvalue weighted by molar-refractivity contribution is -0.145. The number of aromatic nitrogens is 4. The highest BCUT2D eigenvalue weighted by molar-refractivity contribution is 5.89. The van der Waals surface area contributed by atoms with E-state index in [1.807, 2.05) is 4.90 Å². The van der Waals surface area contributed by atoms with E-state index in [-0.39, 0.29) is 17.3 Å². The highest BCUT2D eigenvalue weighted by Gasteiger charge is 2.48. The second kappa shape index (κ2) is 6.72. The fourth-order valence-electron chi connectivity index (χ4n) is 4.84. The van der Waals surface area contributed by atoms with E-state index in [0.717, 1.165) is 43.6 Å². The van der Waals surface area contributed by atoms with Crippen LogP contribution in [0.3, 0.4) is 0 Å². The molecule has 0 radical (unpaired) electrons. The van der Waals surface area contributed by atoms with Gasteiger partial charge in [0, 0.05) is 26.2 Å². The summed E-state index contributed by atoms with van der Waals surface area (Å²) in [5.74, 6) is 1.24. The molecular formula is C21H25N7O. The summed E-state index contributed by atoms with van der Waals surface area (Å²) in [6, 6.07) is 8.40. The summed E-state index contributed by atoms with van der Waals surface area (Å²) in [5, 5.41) is 7.78. The molecule has 2 aromatic heterocycles. The molecule has 0 unspecified atom stereocenters. The van der Waals surface area contributed by atoms with Crippen LogP contribution in [0.4, 0.5) is 11.8 Å². The monoisotopic (exact) mass is 391 g/mol. The largest absolute Gasteiger partial charge is 0.368 e. The number of nitrogen functional groups attached to an aromatic ring is 1. The summed E-state index contributed by atoms with van der Waals surface area (Å²) in [7, 11) is 0. The van der Waals surface area contributed by atoms with Crippen LogP contribution in [-0.2, 0) is 11.3 Å². The van der Waals surface area contributed by atoms with Crippen molar-refractivity contribution in [2.45, 2.75) is 32.7 Å². The molecule has 3 N–H and O–H groups in total. The van der Waals surface area contributed by atoms with Crippen LogP contribution in [0, 0.1) is 12.3 Å². The maximum Gasteiger partial charge on any atom is 0.230 e. The number of likely N-dealkylation sites (tertiary alicyclic amines) is 1. The summed E-state index contributed by atoms with van der Waals surface area (Å²) < 4.78 is 0. The number of nitrogens with zero attached hydrogens (tertiary/aromatic N) is 5. The zero-order valence-corrected chi connectivity index (χ0v) is 16.6. The first-order chi connectivity index (χ1) is 14.0. The van der Waals surface area contributed by atoms with Gasteiger partial charge in [0.15, 0.2) is 5.65 Å². The molecule has 1 amide bonds. The second-order valence-electron chi connectivity index (χ2n) is 8.31. The zero-order chi connectivity index (χ0) is 20.0. The van der Waals surface area contributed by atoms with Crippen LogP contribution in [0.5, 0.6) is 0 Å². The van der Waals surface area contributed by atoms with Crippen molar-refractivity contribution in [2.24, 2.45) is 5.41 Å². The van der Waals surface area contributed by atoms with E-state index >= 15 is 0 Å². The number of amides is 1. The highest BCUT2D eigenvalue weighted by atomic mass is 16.2. The fourth-order valence-corrected chi connectivity index (χ4v) is 4.84. The lowest BCUT2D eigenvalue weighted by Crippen LogP contribution is -2.49. The third-order valence-corrected chi connectivity index (χ3v) is 6.24. The first-order valence-electron chi connectivity index (χ1n) is 10.1. The number of carbonyl (C=O) groups is 1. The lowest BCUT2D eigenvalue weighted by Gasteiger charge is -2.39. The molecule has 2 aliphatic heterocycles. The van der Waals surface area contributed by atoms with Gasteiger partial charge in [-0.25, -0.2) is 0 Å². The zero-order valence-electron chi connectivity index (χ0n) is 16.6. The van der Waals surface area contributed by atoms with E-state index in [9.17, 15) is 4.79 Å². The molecule has 0 bridgehead atoms. The Balaban J connectivity index is 1.39. The van der Waals surface area contributed by atoms with Crippen LogP contribution in [0.2, 0.25) is 0 Å². The number of aromatic amines is 1. The number of hydrogen-bond acceptors (Lipinski definition) is 6. The molecule has 4 heterocycles. The summed E-state index contributed by atoms with van der Waals surface area (Å²) >= 11 is 0. The van der Waals surface area contributed by atoms with Crippen LogP contribution < -0.4 is 10.6 Å². The Hall–Kier alpha value is -3.16. The Bertz CT molecular complexity index is 1080. The van der Waals surface area contributed by atoms with E-state index in [1.54, 1.807) is 6.20 Å². The van der Waals surface area contributed by atoms with Gasteiger partial charge >= 0.3 is 0 Å².